The number of hydrogen-bond acceptors (Lipinski definition) is 6. The van der Waals surface area contributed by atoms with Gasteiger partial charge in [-0.1, -0.05) is 53.6 Å². The third kappa shape index (κ3) is 8.16. The molecule has 0 radical (unpaired) electrons. The number of halogens is 2. The highest BCUT2D eigenvalue weighted by Crippen LogP contribution is 2.37. The number of sulfonamides is 1. The van der Waals surface area contributed by atoms with Crippen LogP contribution >= 0.6 is 27.5 Å². The van der Waals surface area contributed by atoms with E-state index in [1.54, 1.807) is 42.5 Å². The fourth-order valence-corrected chi connectivity index (χ4v) is 6.48. The maximum Gasteiger partial charge on any atom is 0.264 e. The van der Waals surface area contributed by atoms with Crippen molar-refractivity contribution < 1.29 is 22.7 Å². The highest BCUT2D eigenvalue weighted by molar-refractivity contribution is 9.10. The van der Waals surface area contributed by atoms with Crippen LogP contribution < -0.4 is 19.2 Å². The minimum atomic E-state index is -4.05. The van der Waals surface area contributed by atoms with Crippen LogP contribution in [-0.2, 0) is 21.4 Å². The maximum atomic E-state index is 13.7. The van der Waals surface area contributed by atoms with E-state index in [0.29, 0.717) is 32.2 Å². The lowest BCUT2D eigenvalue weighted by Gasteiger charge is -2.24. The Morgan fingerprint density at radius 2 is 1.65 bits per heavy atom. The van der Waals surface area contributed by atoms with E-state index < -0.39 is 22.5 Å². The highest BCUT2D eigenvalue weighted by Gasteiger charge is 2.27. The molecule has 43 heavy (non-hydrogen) atoms. The predicted molar refractivity (Wildman–Crippen MR) is 174 cm³/mol. The first-order chi connectivity index (χ1) is 20.5. The van der Waals surface area contributed by atoms with Crippen molar-refractivity contribution in [2.75, 3.05) is 18.0 Å². The van der Waals surface area contributed by atoms with Gasteiger partial charge in [-0.15, -0.1) is 0 Å². The molecule has 8 nitrogen and oxygen atoms in total. The zero-order chi connectivity index (χ0) is 31.1. The van der Waals surface area contributed by atoms with Gasteiger partial charge in [0.2, 0.25) is 0 Å². The number of nitrogens with one attached hydrogen (secondary N) is 1. The van der Waals surface area contributed by atoms with Crippen LogP contribution in [0.4, 0.5) is 5.69 Å². The molecule has 0 aromatic heterocycles. The van der Waals surface area contributed by atoms with Crippen LogP contribution in [0.15, 0.2) is 93.3 Å². The molecule has 224 valence electrons. The number of aryl methyl sites for hydroxylation is 3. The standard InChI is InChI=1S/C32H31BrClN3O5S/c1-21-9-11-27(12-10-21)43(39,40)37(26-14-22(2)13-23(3)15-26)19-31(38)36-35-18-24-16-28(33)32(30(17-24)41-4)42-20-25-7-5-6-8-29(25)34/h5-18H,19-20H2,1-4H3,(H,36,38). The van der Waals surface area contributed by atoms with Gasteiger partial charge in [0.1, 0.15) is 13.2 Å². The smallest absolute Gasteiger partial charge is 0.264 e. The lowest BCUT2D eigenvalue weighted by molar-refractivity contribution is -0.119. The summed E-state index contributed by atoms with van der Waals surface area (Å²) in [5, 5.41) is 4.66. The van der Waals surface area contributed by atoms with Gasteiger partial charge in [-0.05, 0) is 95.9 Å². The van der Waals surface area contributed by atoms with Gasteiger partial charge < -0.3 is 9.47 Å². The van der Waals surface area contributed by atoms with Gasteiger partial charge in [-0.3, -0.25) is 9.10 Å². The van der Waals surface area contributed by atoms with Gasteiger partial charge in [0.05, 0.1) is 28.4 Å². The van der Waals surface area contributed by atoms with Crippen LogP contribution in [-0.4, -0.2) is 34.2 Å². The minimum absolute atomic E-state index is 0.0855. The summed E-state index contributed by atoms with van der Waals surface area (Å²) in [5.41, 5.74) is 6.92. The Kier molecular flexibility index (Phi) is 10.5. The summed E-state index contributed by atoms with van der Waals surface area (Å²) in [5.74, 6) is 0.310. The Hall–Kier alpha value is -3.86. The second kappa shape index (κ2) is 14.1. The number of methoxy groups -OCH3 is 1. The van der Waals surface area contributed by atoms with Crippen molar-refractivity contribution in [1.29, 1.82) is 0 Å². The number of hydrazone groups is 1. The monoisotopic (exact) mass is 683 g/mol. The number of hydrogen-bond donors (Lipinski definition) is 1. The second-order valence-corrected chi connectivity index (χ2v) is 13.0. The molecule has 0 spiro atoms. The zero-order valence-electron chi connectivity index (χ0n) is 24.1. The average Bonchev–Trinajstić information content (AvgIpc) is 2.95. The van der Waals surface area contributed by atoms with Crippen LogP contribution in [0.2, 0.25) is 5.02 Å². The van der Waals surface area contributed by atoms with Crippen LogP contribution in [0.3, 0.4) is 0 Å². The van der Waals surface area contributed by atoms with Gasteiger partial charge >= 0.3 is 0 Å². The van der Waals surface area contributed by atoms with E-state index in [0.717, 1.165) is 26.6 Å². The lowest BCUT2D eigenvalue weighted by atomic mass is 10.1. The Morgan fingerprint density at radius 1 is 0.977 bits per heavy atom. The summed E-state index contributed by atoms with van der Waals surface area (Å²) in [4.78, 5) is 13.1. The molecule has 0 saturated heterocycles. The van der Waals surface area contributed by atoms with Crippen molar-refractivity contribution in [3.63, 3.8) is 0 Å². The first kappa shape index (κ1) is 32.1. The third-order valence-corrected chi connectivity index (χ3v) is 9.12. The Bertz CT molecular complexity index is 1740. The SMILES string of the molecule is COc1cc(C=NNC(=O)CN(c2cc(C)cc(C)c2)S(=O)(=O)c2ccc(C)cc2)cc(Br)c1OCc1ccccc1Cl. The molecule has 1 N–H and O–H groups in total. The van der Waals surface area contributed by atoms with Crippen molar-refractivity contribution in [2.24, 2.45) is 5.10 Å². The quantitative estimate of drug-likeness (QED) is 0.136. The molecule has 0 aliphatic carbocycles. The number of nitrogens with zero attached hydrogens (tertiary/aromatic N) is 2. The molecule has 0 heterocycles. The summed E-state index contributed by atoms with van der Waals surface area (Å²) in [7, 11) is -2.53. The lowest BCUT2D eigenvalue weighted by Crippen LogP contribution is -2.39. The summed E-state index contributed by atoms with van der Waals surface area (Å²) < 4.78 is 40.5. The van der Waals surface area contributed by atoms with Gasteiger partial charge in [-0.25, -0.2) is 13.8 Å². The summed E-state index contributed by atoms with van der Waals surface area (Å²) in [6, 6.07) is 22.7. The second-order valence-electron chi connectivity index (χ2n) is 9.88. The summed E-state index contributed by atoms with van der Waals surface area (Å²) in [6.07, 6.45) is 1.43. The molecular formula is C32H31BrClN3O5S. The van der Waals surface area contributed by atoms with Crippen molar-refractivity contribution in [2.45, 2.75) is 32.3 Å². The predicted octanol–water partition coefficient (Wildman–Crippen LogP) is 6.96. The van der Waals surface area contributed by atoms with E-state index in [2.05, 4.69) is 26.5 Å². The molecule has 4 rings (SSSR count). The number of amides is 1. The van der Waals surface area contributed by atoms with E-state index in [1.165, 1.54) is 25.5 Å². The number of anilines is 1. The van der Waals surface area contributed by atoms with E-state index in [-0.39, 0.29) is 11.5 Å². The fraction of sp³-hybridized carbons (Fsp3) is 0.188. The number of rotatable bonds is 11. The Labute approximate surface area is 265 Å². The molecule has 0 saturated carbocycles. The number of carbonyl (C=O) groups is 1. The van der Waals surface area contributed by atoms with Crippen molar-refractivity contribution in [3.8, 4) is 11.5 Å². The molecule has 4 aromatic rings. The minimum Gasteiger partial charge on any atom is -0.493 e. The molecule has 0 aliphatic heterocycles. The molecule has 0 bridgehead atoms. The Morgan fingerprint density at radius 3 is 2.30 bits per heavy atom. The van der Waals surface area contributed by atoms with E-state index in [4.69, 9.17) is 21.1 Å². The van der Waals surface area contributed by atoms with Gasteiger partial charge in [-0.2, -0.15) is 5.10 Å². The van der Waals surface area contributed by atoms with Crippen molar-refractivity contribution in [3.05, 3.63) is 116 Å². The maximum absolute atomic E-state index is 13.7. The van der Waals surface area contributed by atoms with E-state index in [1.807, 2.05) is 45.0 Å². The zero-order valence-corrected chi connectivity index (χ0v) is 27.3. The number of ether oxygens (including phenoxy) is 2. The molecule has 0 fully saturated rings. The average molecular weight is 685 g/mol. The third-order valence-electron chi connectivity index (χ3n) is 6.38. The number of benzene rings is 4. The molecule has 1 amide bonds. The highest BCUT2D eigenvalue weighted by atomic mass is 79.9. The fourth-order valence-electron chi connectivity index (χ4n) is 4.31. The molecule has 4 aromatic carbocycles. The van der Waals surface area contributed by atoms with Crippen molar-refractivity contribution >= 4 is 55.4 Å². The number of carbonyl (C=O) groups excluding carboxylic acids is 1. The van der Waals surface area contributed by atoms with Gasteiger partial charge in [0.25, 0.3) is 15.9 Å². The molecule has 0 unspecified atom stereocenters. The van der Waals surface area contributed by atoms with Crippen molar-refractivity contribution in [1.82, 2.24) is 5.43 Å². The molecular weight excluding hydrogens is 654 g/mol. The van der Waals surface area contributed by atoms with Gasteiger partial charge in [0, 0.05) is 10.6 Å². The van der Waals surface area contributed by atoms with Crippen LogP contribution in [0.1, 0.15) is 27.8 Å². The largest absolute Gasteiger partial charge is 0.493 e. The molecule has 0 aliphatic rings. The van der Waals surface area contributed by atoms with Crippen LogP contribution in [0.25, 0.3) is 0 Å². The van der Waals surface area contributed by atoms with Crippen LogP contribution in [0, 0.1) is 20.8 Å². The normalized spacial score (nSPS) is 11.4. The van der Waals surface area contributed by atoms with Gasteiger partial charge in [0.15, 0.2) is 11.5 Å². The molecule has 0 atom stereocenters. The Balaban J connectivity index is 1.51. The summed E-state index contributed by atoms with van der Waals surface area (Å²) >= 11 is 9.75. The first-order valence-corrected chi connectivity index (χ1v) is 15.8. The van der Waals surface area contributed by atoms with E-state index in [9.17, 15) is 13.2 Å². The first-order valence-electron chi connectivity index (χ1n) is 13.2. The van der Waals surface area contributed by atoms with Crippen LogP contribution in [0.5, 0.6) is 11.5 Å². The van der Waals surface area contributed by atoms with E-state index >= 15 is 0 Å². The molecule has 11 heteroatoms. The summed E-state index contributed by atoms with van der Waals surface area (Å²) in [6.45, 7) is 5.38. The topological polar surface area (TPSA) is 97.3 Å².